The molecule has 92 valence electrons. The van der Waals surface area contributed by atoms with Gasteiger partial charge in [0.25, 0.3) is 0 Å². The molecule has 1 aromatic heterocycles. The topological polar surface area (TPSA) is 17.0 Å². The first kappa shape index (κ1) is 12.2. The number of para-hydroxylation sites is 1. The second-order valence-corrected chi connectivity index (χ2v) is 5.16. The number of fused-ring (bicyclic) bond motifs is 1. The number of rotatable bonds is 4. The Morgan fingerprint density at radius 3 is 2.59 bits per heavy atom. The molecule has 1 aromatic carbocycles. The van der Waals surface area contributed by atoms with Crippen LogP contribution in [0.15, 0.2) is 30.5 Å². The van der Waals surface area contributed by atoms with Crippen LogP contribution in [0.1, 0.15) is 32.4 Å². The zero-order valence-electron chi connectivity index (χ0n) is 11.2. The summed E-state index contributed by atoms with van der Waals surface area (Å²) in [6, 6.07) is 9.16. The third kappa shape index (κ3) is 2.37. The number of aromatic nitrogens is 1. The minimum Gasteiger partial charge on any atom is -0.347 e. The highest BCUT2D eigenvalue weighted by molar-refractivity contribution is 5.83. The van der Waals surface area contributed by atoms with Crippen molar-refractivity contribution in [2.75, 3.05) is 7.05 Å². The van der Waals surface area contributed by atoms with Gasteiger partial charge in [0.05, 0.1) is 5.52 Å². The average molecular weight is 230 g/mol. The van der Waals surface area contributed by atoms with Gasteiger partial charge in [-0.1, -0.05) is 32.0 Å². The molecule has 2 rings (SSSR count). The lowest BCUT2D eigenvalue weighted by Gasteiger charge is -2.16. The van der Waals surface area contributed by atoms with Crippen LogP contribution in [0.4, 0.5) is 0 Å². The summed E-state index contributed by atoms with van der Waals surface area (Å²) in [6.07, 6.45) is 2.20. The fraction of sp³-hybridized carbons (Fsp3) is 0.467. The van der Waals surface area contributed by atoms with Crippen LogP contribution < -0.4 is 5.32 Å². The van der Waals surface area contributed by atoms with Gasteiger partial charge in [-0.3, -0.25) is 0 Å². The van der Waals surface area contributed by atoms with E-state index in [-0.39, 0.29) is 0 Å². The van der Waals surface area contributed by atoms with Gasteiger partial charge in [0.1, 0.15) is 0 Å². The van der Waals surface area contributed by atoms with E-state index in [4.69, 9.17) is 0 Å². The first-order valence-electron chi connectivity index (χ1n) is 6.38. The molecule has 17 heavy (non-hydrogen) atoms. The molecular formula is C15H22N2. The summed E-state index contributed by atoms with van der Waals surface area (Å²) in [7, 11) is 2.01. The second-order valence-electron chi connectivity index (χ2n) is 5.16. The fourth-order valence-electron chi connectivity index (χ4n) is 2.34. The Kier molecular flexibility index (Phi) is 3.53. The van der Waals surface area contributed by atoms with Crippen molar-refractivity contribution in [2.45, 2.75) is 33.4 Å². The van der Waals surface area contributed by atoms with Crippen molar-refractivity contribution in [2.24, 2.45) is 5.92 Å². The Morgan fingerprint density at radius 2 is 1.94 bits per heavy atom. The highest BCUT2D eigenvalue weighted by Crippen LogP contribution is 2.25. The van der Waals surface area contributed by atoms with E-state index in [9.17, 15) is 0 Å². The second kappa shape index (κ2) is 4.92. The van der Waals surface area contributed by atoms with Crippen LogP contribution in [-0.2, 0) is 6.54 Å². The maximum atomic E-state index is 3.33. The molecule has 2 aromatic rings. The first-order chi connectivity index (χ1) is 8.13. The summed E-state index contributed by atoms with van der Waals surface area (Å²) in [6.45, 7) is 7.81. The molecule has 0 saturated heterocycles. The van der Waals surface area contributed by atoms with E-state index in [1.165, 1.54) is 16.5 Å². The molecule has 0 aliphatic heterocycles. The number of nitrogens with zero attached hydrogens (tertiary/aromatic N) is 1. The van der Waals surface area contributed by atoms with Gasteiger partial charge < -0.3 is 9.88 Å². The number of benzene rings is 1. The average Bonchev–Trinajstić information content (AvgIpc) is 2.71. The van der Waals surface area contributed by atoms with Crippen LogP contribution in [0.5, 0.6) is 0 Å². The fourth-order valence-corrected chi connectivity index (χ4v) is 2.34. The zero-order valence-corrected chi connectivity index (χ0v) is 11.2. The zero-order chi connectivity index (χ0) is 12.4. The minimum absolute atomic E-state index is 0.388. The monoisotopic (exact) mass is 230 g/mol. The van der Waals surface area contributed by atoms with E-state index in [0.717, 1.165) is 6.54 Å². The lowest BCUT2D eigenvalue weighted by atomic mass is 10.1. The van der Waals surface area contributed by atoms with Gasteiger partial charge in [0.2, 0.25) is 0 Å². The van der Waals surface area contributed by atoms with Gasteiger partial charge >= 0.3 is 0 Å². The Labute approximate surface area is 104 Å². The molecule has 1 heterocycles. The lowest BCUT2D eigenvalue weighted by molar-refractivity contribution is 0.532. The van der Waals surface area contributed by atoms with Crippen molar-refractivity contribution in [3.8, 4) is 0 Å². The molecule has 1 atom stereocenters. The number of hydrogen-bond acceptors (Lipinski definition) is 1. The van der Waals surface area contributed by atoms with Crippen molar-refractivity contribution in [1.82, 2.24) is 9.88 Å². The maximum absolute atomic E-state index is 3.33. The predicted molar refractivity (Wildman–Crippen MR) is 74.3 cm³/mol. The Morgan fingerprint density at radius 1 is 1.18 bits per heavy atom. The van der Waals surface area contributed by atoms with Gasteiger partial charge in [-0.2, -0.15) is 0 Å². The van der Waals surface area contributed by atoms with E-state index in [2.05, 4.69) is 61.1 Å². The molecule has 2 nitrogen and oxygen atoms in total. The minimum atomic E-state index is 0.388. The lowest BCUT2D eigenvalue weighted by Crippen LogP contribution is -2.14. The molecule has 0 aliphatic carbocycles. The highest BCUT2D eigenvalue weighted by Gasteiger charge is 2.11. The highest BCUT2D eigenvalue weighted by atomic mass is 15.0. The molecule has 0 spiro atoms. The Hall–Kier alpha value is -1.28. The van der Waals surface area contributed by atoms with Gasteiger partial charge in [-0.15, -0.1) is 0 Å². The molecule has 0 radical (unpaired) electrons. The Balaban J connectivity index is 2.55. The standard InChI is InChI=1S/C15H22N2/c1-11(2)10-17-9-8-13-6-5-7-14(15(13)17)12(3)16-4/h5-9,11-12,16H,10H2,1-4H3. The van der Waals surface area contributed by atoms with Gasteiger partial charge in [0, 0.05) is 18.8 Å². The van der Waals surface area contributed by atoms with Crippen molar-refractivity contribution in [1.29, 1.82) is 0 Å². The third-order valence-electron chi connectivity index (χ3n) is 3.28. The molecule has 0 bridgehead atoms. The predicted octanol–water partition coefficient (Wildman–Crippen LogP) is 3.58. The van der Waals surface area contributed by atoms with Crippen LogP contribution in [0.2, 0.25) is 0 Å². The molecule has 0 amide bonds. The summed E-state index contributed by atoms with van der Waals surface area (Å²) < 4.78 is 2.38. The van der Waals surface area contributed by atoms with Crippen molar-refractivity contribution in [3.63, 3.8) is 0 Å². The largest absolute Gasteiger partial charge is 0.347 e. The van der Waals surface area contributed by atoms with E-state index in [1.54, 1.807) is 0 Å². The summed E-state index contributed by atoms with van der Waals surface area (Å²) in [5, 5.41) is 4.67. The van der Waals surface area contributed by atoms with Crippen LogP contribution >= 0.6 is 0 Å². The summed E-state index contributed by atoms with van der Waals surface area (Å²) in [5.41, 5.74) is 2.76. The molecule has 1 unspecified atom stereocenters. The summed E-state index contributed by atoms with van der Waals surface area (Å²) in [5.74, 6) is 0.670. The molecular weight excluding hydrogens is 208 g/mol. The molecule has 2 heteroatoms. The SMILES string of the molecule is CNC(C)c1cccc2ccn(CC(C)C)c12. The van der Waals surface area contributed by atoms with Crippen molar-refractivity contribution < 1.29 is 0 Å². The molecule has 0 aliphatic rings. The van der Waals surface area contributed by atoms with Gasteiger partial charge in [-0.25, -0.2) is 0 Å². The van der Waals surface area contributed by atoms with Gasteiger partial charge in [0.15, 0.2) is 0 Å². The van der Waals surface area contributed by atoms with Gasteiger partial charge in [-0.05, 0) is 36.9 Å². The van der Waals surface area contributed by atoms with Crippen LogP contribution in [0, 0.1) is 5.92 Å². The van der Waals surface area contributed by atoms with E-state index in [0.29, 0.717) is 12.0 Å². The number of nitrogens with one attached hydrogen (secondary N) is 1. The summed E-state index contributed by atoms with van der Waals surface area (Å²) >= 11 is 0. The van der Waals surface area contributed by atoms with E-state index < -0.39 is 0 Å². The number of hydrogen-bond donors (Lipinski definition) is 1. The first-order valence-corrected chi connectivity index (χ1v) is 6.38. The third-order valence-corrected chi connectivity index (χ3v) is 3.28. The summed E-state index contributed by atoms with van der Waals surface area (Å²) in [4.78, 5) is 0. The Bertz CT molecular complexity index is 497. The quantitative estimate of drug-likeness (QED) is 0.849. The van der Waals surface area contributed by atoms with E-state index in [1.807, 2.05) is 7.05 Å². The molecule has 0 fully saturated rings. The van der Waals surface area contributed by atoms with Crippen molar-refractivity contribution >= 4 is 10.9 Å². The van der Waals surface area contributed by atoms with Crippen LogP contribution in [0.3, 0.4) is 0 Å². The van der Waals surface area contributed by atoms with Crippen LogP contribution in [0.25, 0.3) is 10.9 Å². The van der Waals surface area contributed by atoms with Crippen LogP contribution in [-0.4, -0.2) is 11.6 Å². The van der Waals surface area contributed by atoms with Crippen molar-refractivity contribution in [3.05, 3.63) is 36.0 Å². The molecule has 0 saturated carbocycles. The smallest absolute Gasteiger partial charge is 0.0528 e. The maximum Gasteiger partial charge on any atom is 0.0528 e. The van der Waals surface area contributed by atoms with E-state index >= 15 is 0 Å². The molecule has 1 N–H and O–H groups in total. The normalized spacial score (nSPS) is 13.5.